The summed E-state index contributed by atoms with van der Waals surface area (Å²) in [7, 11) is 2.11. The lowest BCUT2D eigenvalue weighted by Crippen LogP contribution is -2.55. The van der Waals surface area contributed by atoms with Gasteiger partial charge in [0.15, 0.2) is 5.78 Å². The van der Waals surface area contributed by atoms with E-state index in [4.69, 9.17) is 10.5 Å². The molecule has 0 spiro atoms. The van der Waals surface area contributed by atoms with Gasteiger partial charge in [0, 0.05) is 31.7 Å². The van der Waals surface area contributed by atoms with Gasteiger partial charge in [0.05, 0.1) is 18.3 Å². The van der Waals surface area contributed by atoms with E-state index in [1.807, 2.05) is 13.8 Å². The van der Waals surface area contributed by atoms with E-state index in [1.165, 1.54) is 0 Å². The monoisotopic (exact) mass is 320 g/mol. The van der Waals surface area contributed by atoms with Crippen LogP contribution in [0, 0.1) is 0 Å². The molecule has 3 N–H and O–H groups in total. The van der Waals surface area contributed by atoms with Crippen LogP contribution in [-0.4, -0.2) is 61.6 Å². The number of benzene rings is 1. The number of nitrogens with one attached hydrogen (secondary N) is 1. The molecule has 1 aromatic carbocycles. The average molecular weight is 320 g/mol. The predicted molar refractivity (Wildman–Crippen MR) is 92.6 cm³/mol. The van der Waals surface area contributed by atoms with Gasteiger partial charge in [-0.05, 0) is 38.6 Å². The van der Waals surface area contributed by atoms with Gasteiger partial charge in [0.25, 0.3) is 0 Å². The molecule has 1 heterocycles. The molecule has 0 saturated carbocycles. The molecular weight excluding hydrogens is 292 g/mol. The number of nitrogens with zero attached hydrogens (tertiary/aromatic N) is 2. The first-order valence-corrected chi connectivity index (χ1v) is 8.31. The third kappa shape index (κ3) is 4.67. The fourth-order valence-corrected chi connectivity index (χ4v) is 2.68. The predicted octanol–water partition coefficient (Wildman–Crippen LogP) is 1.38. The Bertz CT molecular complexity index is 527. The van der Waals surface area contributed by atoms with E-state index in [-0.39, 0.29) is 11.8 Å². The molecule has 23 heavy (non-hydrogen) atoms. The molecule has 0 aliphatic carbocycles. The number of anilines is 1. The summed E-state index contributed by atoms with van der Waals surface area (Å²) < 4.78 is 5.42. The van der Waals surface area contributed by atoms with E-state index < -0.39 is 0 Å². The third-order valence-corrected chi connectivity index (χ3v) is 4.16. The third-order valence-electron chi connectivity index (χ3n) is 4.16. The summed E-state index contributed by atoms with van der Waals surface area (Å²) in [5.74, 6) is 0.699. The number of carbonyl (C=O) groups is 1. The summed E-state index contributed by atoms with van der Waals surface area (Å²) in [4.78, 5) is 15.0. The maximum absolute atomic E-state index is 12.7. The Hall–Kier alpha value is -1.63. The fourth-order valence-electron chi connectivity index (χ4n) is 2.68. The van der Waals surface area contributed by atoms with Crippen molar-refractivity contribution in [2.45, 2.75) is 26.3 Å². The van der Waals surface area contributed by atoms with Crippen LogP contribution in [0.2, 0.25) is 0 Å². The minimum absolute atomic E-state index is 0.0705. The zero-order valence-corrected chi connectivity index (χ0v) is 14.3. The van der Waals surface area contributed by atoms with Crippen LogP contribution >= 0.6 is 0 Å². The van der Waals surface area contributed by atoms with Gasteiger partial charge >= 0.3 is 0 Å². The number of hydrogen-bond donors (Lipinski definition) is 2. The molecule has 128 valence electrons. The van der Waals surface area contributed by atoms with Gasteiger partial charge < -0.3 is 15.4 Å². The summed E-state index contributed by atoms with van der Waals surface area (Å²) in [5, 5.41) is 2.14. The van der Waals surface area contributed by atoms with Crippen LogP contribution in [0.3, 0.4) is 0 Å². The lowest BCUT2D eigenvalue weighted by Gasteiger charge is -2.34. The molecule has 1 fully saturated rings. The molecule has 1 unspecified atom stereocenters. The second-order valence-corrected chi connectivity index (χ2v) is 5.93. The van der Waals surface area contributed by atoms with Gasteiger partial charge in [0.1, 0.15) is 5.75 Å². The Balaban J connectivity index is 2.03. The van der Waals surface area contributed by atoms with Crippen LogP contribution in [0.15, 0.2) is 18.2 Å². The van der Waals surface area contributed by atoms with Gasteiger partial charge in [-0.3, -0.25) is 4.79 Å². The first kappa shape index (κ1) is 17.7. The molecule has 1 aliphatic rings. The van der Waals surface area contributed by atoms with Crippen molar-refractivity contribution in [3.8, 4) is 5.75 Å². The molecule has 1 aliphatic heterocycles. The van der Waals surface area contributed by atoms with Crippen LogP contribution in [0.4, 0.5) is 5.69 Å². The first-order valence-electron chi connectivity index (χ1n) is 8.31. The van der Waals surface area contributed by atoms with Crippen molar-refractivity contribution in [1.29, 1.82) is 0 Å². The zero-order valence-electron chi connectivity index (χ0n) is 14.3. The number of likely N-dealkylation sites (N-methyl/N-ethyl adjacent to an activating group) is 1. The topological polar surface area (TPSA) is 70.8 Å². The van der Waals surface area contributed by atoms with E-state index >= 15 is 0 Å². The highest BCUT2D eigenvalue weighted by Crippen LogP contribution is 2.23. The largest absolute Gasteiger partial charge is 0.492 e. The summed E-state index contributed by atoms with van der Waals surface area (Å²) in [6, 6.07) is 5.05. The van der Waals surface area contributed by atoms with Crippen molar-refractivity contribution in [3.63, 3.8) is 0 Å². The van der Waals surface area contributed by atoms with Crippen molar-refractivity contribution in [2.24, 2.45) is 0 Å². The molecule has 0 bridgehead atoms. The summed E-state index contributed by atoms with van der Waals surface area (Å²) >= 11 is 0. The van der Waals surface area contributed by atoms with Gasteiger partial charge in [0.2, 0.25) is 0 Å². The van der Waals surface area contributed by atoms with Crippen LogP contribution in [0.25, 0.3) is 0 Å². The molecule has 1 saturated heterocycles. The SMILES string of the molecule is CCOc1ccc(C(=O)C(CC)NN2CCN(C)CC2)cc1N. The van der Waals surface area contributed by atoms with E-state index in [1.54, 1.807) is 18.2 Å². The molecule has 6 heteroatoms. The van der Waals surface area contributed by atoms with Crippen LogP contribution < -0.4 is 15.9 Å². The number of carbonyl (C=O) groups excluding carboxylic acids is 1. The number of hydrazine groups is 1. The lowest BCUT2D eigenvalue weighted by atomic mass is 10.0. The minimum atomic E-state index is -0.226. The Labute approximate surface area is 138 Å². The van der Waals surface area contributed by atoms with E-state index in [0.29, 0.717) is 23.6 Å². The summed E-state index contributed by atoms with van der Waals surface area (Å²) in [6.07, 6.45) is 0.734. The average Bonchev–Trinajstić information content (AvgIpc) is 2.55. The van der Waals surface area contributed by atoms with Crippen molar-refractivity contribution in [1.82, 2.24) is 15.3 Å². The maximum atomic E-state index is 12.7. The highest BCUT2D eigenvalue weighted by molar-refractivity contribution is 6.01. The van der Waals surface area contributed by atoms with Crippen LogP contribution in [-0.2, 0) is 0 Å². The molecule has 0 radical (unpaired) electrons. The number of ketones is 1. The maximum Gasteiger partial charge on any atom is 0.181 e. The smallest absolute Gasteiger partial charge is 0.181 e. The highest BCUT2D eigenvalue weighted by atomic mass is 16.5. The number of rotatable bonds is 7. The number of ether oxygens (including phenoxy) is 1. The number of nitrogens with two attached hydrogens (primary N) is 1. The molecular formula is C17H28N4O2. The van der Waals surface area contributed by atoms with E-state index in [0.717, 1.165) is 32.6 Å². The van der Waals surface area contributed by atoms with Crippen molar-refractivity contribution in [2.75, 3.05) is 45.6 Å². The highest BCUT2D eigenvalue weighted by Gasteiger charge is 2.23. The number of Topliss-reactive ketones (excluding diaryl/α,β-unsaturated/α-hetero) is 1. The quantitative estimate of drug-likeness (QED) is 0.584. The molecule has 2 rings (SSSR count). The Morgan fingerprint density at radius 1 is 1.30 bits per heavy atom. The number of nitrogen functional groups attached to an aromatic ring is 1. The summed E-state index contributed by atoms with van der Waals surface area (Å²) in [5.41, 5.74) is 10.5. The Morgan fingerprint density at radius 3 is 2.57 bits per heavy atom. The Morgan fingerprint density at radius 2 is 2.00 bits per heavy atom. The molecule has 1 aromatic rings. The standard InChI is InChI=1S/C17H28N4O2/c1-4-15(19-21-10-8-20(3)9-11-21)17(22)13-6-7-16(23-5-2)14(18)12-13/h6-7,12,15,19H,4-5,8-11,18H2,1-3H3. The van der Waals surface area contributed by atoms with Gasteiger partial charge in [-0.2, -0.15) is 0 Å². The Kier molecular flexibility index (Phi) is 6.38. The lowest BCUT2D eigenvalue weighted by molar-refractivity contribution is 0.0687. The normalized spacial score (nSPS) is 17.9. The van der Waals surface area contributed by atoms with Crippen molar-refractivity contribution in [3.05, 3.63) is 23.8 Å². The molecule has 0 amide bonds. The van der Waals surface area contributed by atoms with Crippen molar-refractivity contribution < 1.29 is 9.53 Å². The summed E-state index contributed by atoms with van der Waals surface area (Å²) in [6.45, 7) is 8.34. The van der Waals surface area contributed by atoms with Crippen molar-refractivity contribution >= 4 is 11.5 Å². The van der Waals surface area contributed by atoms with Gasteiger partial charge in [-0.25, -0.2) is 10.4 Å². The zero-order chi connectivity index (χ0) is 16.8. The number of hydrogen-bond acceptors (Lipinski definition) is 6. The van der Waals surface area contributed by atoms with E-state index in [2.05, 4.69) is 22.4 Å². The second-order valence-electron chi connectivity index (χ2n) is 5.93. The van der Waals surface area contributed by atoms with Crippen LogP contribution in [0.5, 0.6) is 5.75 Å². The van der Waals surface area contributed by atoms with Gasteiger partial charge in [-0.15, -0.1) is 0 Å². The second kappa shape index (κ2) is 8.29. The van der Waals surface area contributed by atoms with Gasteiger partial charge in [-0.1, -0.05) is 6.92 Å². The van der Waals surface area contributed by atoms with E-state index in [9.17, 15) is 4.79 Å². The fraction of sp³-hybridized carbons (Fsp3) is 0.588. The first-order chi connectivity index (χ1) is 11.0. The number of piperazine rings is 1. The molecule has 0 aromatic heterocycles. The molecule has 1 atom stereocenters. The van der Waals surface area contributed by atoms with Crippen LogP contribution in [0.1, 0.15) is 30.6 Å². The molecule has 6 nitrogen and oxygen atoms in total. The minimum Gasteiger partial charge on any atom is -0.492 e.